The summed E-state index contributed by atoms with van der Waals surface area (Å²) in [6, 6.07) is 80.6. The van der Waals surface area contributed by atoms with E-state index in [4.69, 9.17) is 15.0 Å². The molecule has 0 bridgehead atoms. The van der Waals surface area contributed by atoms with Gasteiger partial charge in [0.15, 0.2) is 17.5 Å². The maximum atomic E-state index is 5.20. The lowest BCUT2D eigenvalue weighted by atomic mass is 10.0. The molecule has 0 amide bonds. The molecule has 0 N–H and O–H groups in total. The van der Waals surface area contributed by atoms with Crippen molar-refractivity contribution in [3.05, 3.63) is 224 Å². The van der Waals surface area contributed by atoms with Crippen molar-refractivity contribution in [2.24, 2.45) is 0 Å². The Labute approximate surface area is 379 Å². The molecule has 306 valence electrons. The topological polar surface area (TPSA) is 48.5 Å². The minimum Gasteiger partial charge on any atom is -0.309 e. The van der Waals surface area contributed by atoms with Gasteiger partial charge in [-0.3, -0.25) is 0 Å². The predicted octanol–water partition coefficient (Wildman–Crippen LogP) is 15.7. The Hall–Kier alpha value is -8.93. The Balaban J connectivity index is 1.01. The number of hydrogen-bond donors (Lipinski definition) is 0. The Bertz CT molecular complexity index is 4290. The lowest BCUT2D eigenvalue weighted by Gasteiger charge is -2.16. The standard InChI is InChI=1S/C61H37N5/c1-2-16-40(17-3-1)59-62-60(64-61(63-59)50-26-14-21-39-15-6-8-22-47(39)50)44-30-29-38-31-32-46(34-45(38)33-44)65-54-28-13-11-25-51(54)57-56(65)37-43-20-7-9-23-48(43)58(57)66-53-27-12-10-24-49(53)52-35-41-18-4-5-19-42(41)36-55(52)66/h1-37H. The Morgan fingerprint density at radius 3 is 1.68 bits per heavy atom. The fourth-order valence-corrected chi connectivity index (χ4v) is 10.4. The lowest BCUT2D eigenvalue weighted by molar-refractivity contribution is 1.08. The normalized spacial score (nSPS) is 11.9. The first-order chi connectivity index (χ1) is 32.7. The molecule has 14 aromatic rings. The van der Waals surface area contributed by atoms with E-state index in [0.717, 1.165) is 55.0 Å². The van der Waals surface area contributed by atoms with E-state index < -0.39 is 0 Å². The second-order valence-electron chi connectivity index (χ2n) is 17.2. The van der Waals surface area contributed by atoms with E-state index in [1.807, 2.05) is 18.2 Å². The number of nitrogens with zero attached hydrogens (tertiary/aromatic N) is 5. The van der Waals surface area contributed by atoms with Crippen LogP contribution in [-0.4, -0.2) is 24.1 Å². The van der Waals surface area contributed by atoms with Crippen LogP contribution in [0.2, 0.25) is 0 Å². The largest absolute Gasteiger partial charge is 0.309 e. The third-order valence-corrected chi connectivity index (χ3v) is 13.5. The summed E-state index contributed by atoms with van der Waals surface area (Å²) in [5.74, 6) is 1.92. The van der Waals surface area contributed by atoms with Crippen LogP contribution in [0.15, 0.2) is 224 Å². The van der Waals surface area contributed by atoms with Gasteiger partial charge in [-0.1, -0.05) is 176 Å². The van der Waals surface area contributed by atoms with E-state index in [9.17, 15) is 0 Å². The van der Waals surface area contributed by atoms with Crippen molar-refractivity contribution in [3.63, 3.8) is 0 Å². The van der Waals surface area contributed by atoms with E-state index in [-0.39, 0.29) is 0 Å². The molecule has 0 unspecified atom stereocenters. The van der Waals surface area contributed by atoms with Crippen molar-refractivity contribution in [3.8, 4) is 45.5 Å². The Morgan fingerprint density at radius 2 is 0.864 bits per heavy atom. The van der Waals surface area contributed by atoms with E-state index in [1.165, 1.54) is 59.8 Å². The maximum Gasteiger partial charge on any atom is 0.164 e. The number of rotatable bonds is 5. The molecule has 3 heterocycles. The average Bonchev–Trinajstić information content (AvgIpc) is 3.88. The molecular formula is C61H37N5. The van der Waals surface area contributed by atoms with Gasteiger partial charge in [-0.15, -0.1) is 0 Å². The number of para-hydroxylation sites is 2. The summed E-state index contributed by atoms with van der Waals surface area (Å²) in [7, 11) is 0. The maximum absolute atomic E-state index is 5.20. The van der Waals surface area contributed by atoms with Crippen molar-refractivity contribution in [1.29, 1.82) is 0 Å². The molecule has 0 radical (unpaired) electrons. The summed E-state index contributed by atoms with van der Waals surface area (Å²) in [6.45, 7) is 0. The van der Waals surface area contributed by atoms with Gasteiger partial charge in [0.1, 0.15) is 0 Å². The van der Waals surface area contributed by atoms with Crippen LogP contribution in [0, 0.1) is 0 Å². The van der Waals surface area contributed by atoms with Gasteiger partial charge < -0.3 is 9.13 Å². The fourth-order valence-electron chi connectivity index (χ4n) is 10.4. The summed E-state index contributed by atoms with van der Waals surface area (Å²) in [4.78, 5) is 15.4. The zero-order valence-electron chi connectivity index (χ0n) is 35.6. The lowest BCUT2D eigenvalue weighted by Crippen LogP contribution is -2.00. The summed E-state index contributed by atoms with van der Waals surface area (Å²) >= 11 is 0. The molecule has 5 heteroatoms. The van der Waals surface area contributed by atoms with Gasteiger partial charge in [0.05, 0.1) is 27.8 Å². The number of benzene rings is 11. The van der Waals surface area contributed by atoms with Gasteiger partial charge in [-0.2, -0.15) is 0 Å². The first-order valence-electron chi connectivity index (χ1n) is 22.4. The Kier molecular flexibility index (Phi) is 7.91. The number of aromatic nitrogens is 5. The van der Waals surface area contributed by atoms with Crippen molar-refractivity contribution in [1.82, 2.24) is 24.1 Å². The summed E-state index contributed by atoms with van der Waals surface area (Å²) in [5.41, 5.74) is 9.80. The average molecular weight is 840 g/mol. The van der Waals surface area contributed by atoms with E-state index in [2.05, 4.69) is 215 Å². The van der Waals surface area contributed by atoms with E-state index in [1.54, 1.807) is 0 Å². The van der Waals surface area contributed by atoms with Crippen LogP contribution in [0.5, 0.6) is 0 Å². The van der Waals surface area contributed by atoms with E-state index in [0.29, 0.717) is 17.5 Å². The monoisotopic (exact) mass is 839 g/mol. The molecule has 0 aliphatic carbocycles. The van der Waals surface area contributed by atoms with E-state index >= 15 is 0 Å². The zero-order chi connectivity index (χ0) is 43.3. The van der Waals surface area contributed by atoms with Crippen LogP contribution in [0.1, 0.15) is 0 Å². The third kappa shape index (κ3) is 5.57. The summed E-state index contributed by atoms with van der Waals surface area (Å²) in [6.07, 6.45) is 0. The fraction of sp³-hybridized carbons (Fsp3) is 0. The molecule has 0 spiro atoms. The van der Waals surface area contributed by atoms with Crippen molar-refractivity contribution in [2.45, 2.75) is 0 Å². The molecule has 5 nitrogen and oxygen atoms in total. The highest BCUT2D eigenvalue weighted by Crippen LogP contribution is 2.44. The highest BCUT2D eigenvalue weighted by atomic mass is 15.0. The van der Waals surface area contributed by atoms with Gasteiger partial charge in [0, 0.05) is 49.3 Å². The SMILES string of the molecule is c1ccc(-c2nc(-c3ccc4ccc(-n5c6ccccc6c6c(-n7c8ccccc8c8cc9ccccc9cc87)c7ccccc7cc65)cc4c3)nc(-c3cccc4ccccc34)n2)cc1. The molecule has 66 heavy (non-hydrogen) atoms. The molecule has 0 aliphatic heterocycles. The van der Waals surface area contributed by atoms with Crippen molar-refractivity contribution >= 4 is 86.7 Å². The number of hydrogen-bond acceptors (Lipinski definition) is 3. The minimum absolute atomic E-state index is 0.631. The van der Waals surface area contributed by atoms with Crippen LogP contribution >= 0.6 is 0 Å². The predicted molar refractivity (Wildman–Crippen MR) is 275 cm³/mol. The van der Waals surface area contributed by atoms with Crippen molar-refractivity contribution in [2.75, 3.05) is 0 Å². The molecule has 0 aliphatic rings. The van der Waals surface area contributed by atoms with Gasteiger partial charge in [0.25, 0.3) is 0 Å². The summed E-state index contributed by atoms with van der Waals surface area (Å²) in [5, 5.41) is 14.3. The van der Waals surface area contributed by atoms with Gasteiger partial charge in [-0.05, 0) is 86.2 Å². The minimum atomic E-state index is 0.631. The zero-order valence-corrected chi connectivity index (χ0v) is 35.6. The molecule has 0 fully saturated rings. The first kappa shape index (κ1) is 36.5. The molecule has 0 saturated carbocycles. The van der Waals surface area contributed by atoms with Gasteiger partial charge in [-0.25, -0.2) is 15.0 Å². The molecule has 3 aromatic heterocycles. The quantitative estimate of drug-likeness (QED) is 0.173. The summed E-state index contributed by atoms with van der Waals surface area (Å²) < 4.78 is 4.97. The highest BCUT2D eigenvalue weighted by molar-refractivity contribution is 6.23. The van der Waals surface area contributed by atoms with Crippen LogP contribution in [-0.2, 0) is 0 Å². The molecule has 11 aromatic carbocycles. The second kappa shape index (κ2) is 14.3. The van der Waals surface area contributed by atoms with Crippen LogP contribution in [0.25, 0.3) is 132 Å². The number of fused-ring (bicyclic) bond motifs is 10. The Morgan fingerprint density at radius 1 is 0.273 bits per heavy atom. The van der Waals surface area contributed by atoms with Crippen molar-refractivity contribution < 1.29 is 0 Å². The molecule has 0 atom stereocenters. The van der Waals surface area contributed by atoms with Gasteiger partial charge in [0.2, 0.25) is 0 Å². The van der Waals surface area contributed by atoms with Crippen LogP contribution in [0.4, 0.5) is 0 Å². The van der Waals surface area contributed by atoms with Crippen LogP contribution < -0.4 is 0 Å². The first-order valence-corrected chi connectivity index (χ1v) is 22.4. The van der Waals surface area contributed by atoms with Crippen LogP contribution in [0.3, 0.4) is 0 Å². The molecule has 14 rings (SSSR count). The molecular weight excluding hydrogens is 803 g/mol. The second-order valence-corrected chi connectivity index (χ2v) is 17.2. The smallest absolute Gasteiger partial charge is 0.164 e. The van der Waals surface area contributed by atoms with Gasteiger partial charge >= 0.3 is 0 Å². The third-order valence-electron chi connectivity index (χ3n) is 13.5. The highest BCUT2D eigenvalue weighted by Gasteiger charge is 2.23. The molecule has 0 saturated heterocycles.